The lowest BCUT2D eigenvalue weighted by molar-refractivity contribution is 0.400. The van der Waals surface area contributed by atoms with Gasteiger partial charge in [0.1, 0.15) is 5.75 Å². The third-order valence-electron chi connectivity index (χ3n) is 5.40. The normalized spacial score (nSPS) is 14.8. The van der Waals surface area contributed by atoms with Gasteiger partial charge in [-0.2, -0.15) is 0 Å². The number of H-pyrrole nitrogens is 1. The van der Waals surface area contributed by atoms with E-state index in [0.29, 0.717) is 17.6 Å². The highest BCUT2D eigenvalue weighted by atomic mass is 16.5. The Labute approximate surface area is 165 Å². The molecule has 144 valence electrons. The Bertz CT molecular complexity index is 959. The quantitative estimate of drug-likeness (QED) is 0.735. The summed E-state index contributed by atoms with van der Waals surface area (Å²) in [5.41, 5.74) is 2.87. The first-order chi connectivity index (χ1) is 13.7. The number of benzene rings is 2. The second kappa shape index (κ2) is 8.30. The zero-order valence-corrected chi connectivity index (χ0v) is 16.1. The van der Waals surface area contributed by atoms with Crippen molar-refractivity contribution in [1.82, 2.24) is 9.97 Å². The Hall–Kier alpha value is -3.08. The maximum atomic E-state index is 12.2. The molecule has 1 aliphatic rings. The Kier molecular flexibility index (Phi) is 5.42. The predicted octanol–water partition coefficient (Wildman–Crippen LogP) is 3.90. The molecule has 0 atom stereocenters. The molecule has 1 fully saturated rings. The minimum atomic E-state index is -0.123. The Morgan fingerprint density at radius 3 is 2.46 bits per heavy atom. The van der Waals surface area contributed by atoms with Gasteiger partial charge in [-0.25, -0.2) is 4.98 Å². The monoisotopic (exact) mass is 375 g/mol. The summed E-state index contributed by atoms with van der Waals surface area (Å²) < 4.78 is 5.20. The zero-order valence-electron chi connectivity index (χ0n) is 16.1. The van der Waals surface area contributed by atoms with Gasteiger partial charge >= 0.3 is 0 Å². The van der Waals surface area contributed by atoms with Gasteiger partial charge in [-0.3, -0.25) is 9.78 Å². The number of aromatic amines is 1. The Morgan fingerprint density at radius 2 is 1.79 bits per heavy atom. The summed E-state index contributed by atoms with van der Waals surface area (Å²) in [5, 5.41) is 0. The van der Waals surface area contributed by atoms with E-state index in [-0.39, 0.29) is 5.56 Å². The molecule has 28 heavy (non-hydrogen) atoms. The van der Waals surface area contributed by atoms with Crippen molar-refractivity contribution >= 4 is 5.95 Å². The predicted molar refractivity (Wildman–Crippen MR) is 112 cm³/mol. The number of aromatic nitrogens is 2. The summed E-state index contributed by atoms with van der Waals surface area (Å²) in [7, 11) is 1.64. The van der Waals surface area contributed by atoms with Crippen LogP contribution in [0.3, 0.4) is 0 Å². The summed E-state index contributed by atoms with van der Waals surface area (Å²) in [6.45, 7) is 1.82. The fourth-order valence-electron chi connectivity index (χ4n) is 3.80. The smallest absolute Gasteiger partial charge is 0.252 e. The maximum absolute atomic E-state index is 12.2. The van der Waals surface area contributed by atoms with Crippen LogP contribution in [0.15, 0.2) is 65.5 Å². The first-order valence-corrected chi connectivity index (χ1v) is 9.76. The van der Waals surface area contributed by atoms with Crippen LogP contribution in [-0.2, 0) is 6.42 Å². The van der Waals surface area contributed by atoms with Crippen molar-refractivity contribution in [3.05, 3.63) is 76.6 Å². The zero-order chi connectivity index (χ0) is 19.3. The number of piperidine rings is 1. The topological polar surface area (TPSA) is 58.2 Å². The number of methoxy groups -OCH3 is 1. The summed E-state index contributed by atoms with van der Waals surface area (Å²) in [6.07, 6.45) is 3.32. The van der Waals surface area contributed by atoms with Gasteiger partial charge in [-0.1, -0.05) is 30.3 Å². The molecule has 4 rings (SSSR count). The van der Waals surface area contributed by atoms with Gasteiger partial charge in [0, 0.05) is 24.7 Å². The molecule has 1 aliphatic heterocycles. The molecule has 0 saturated carbocycles. The molecule has 0 amide bonds. The summed E-state index contributed by atoms with van der Waals surface area (Å²) >= 11 is 0. The molecule has 1 saturated heterocycles. The maximum Gasteiger partial charge on any atom is 0.252 e. The van der Waals surface area contributed by atoms with Gasteiger partial charge in [-0.05, 0) is 55.0 Å². The van der Waals surface area contributed by atoms with E-state index in [1.807, 2.05) is 24.3 Å². The average Bonchev–Trinajstić information content (AvgIpc) is 2.75. The van der Waals surface area contributed by atoms with Gasteiger partial charge in [0.05, 0.1) is 12.8 Å². The van der Waals surface area contributed by atoms with Gasteiger partial charge in [0.15, 0.2) is 0 Å². The number of nitrogens with one attached hydrogen (secondary N) is 1. The van der Waals surface area contributed by atoms with Crippen molar-refractivity contribution in [3.8, 4) is 17.0 Å². The molecule has 5 heteroatoms. The van der Waals surface area contributed by atoms with E-state index in [4.69, 9.17) is 9.72 Å². The van der Waals surface area contributed by atoms with E-state index < -0.39 is 0 Å². The van der Waals surface area contributed by atoms with Crippen LogP contribution < -0.4 is 15.2 Å². The fraction of sp³-hybridized carbons (Fsp3) is 0.304. The molecule has 2 heterocycles. The lowest BCUT2D eigenvalue weighted by atomic mass is 9.90. The van der Waals surface area contributed by atoms with Crippen molar-refractivity contribution in [2.75, 3.05) is 25.1 Å². The minimum Gasteiger partial charge on any atom is -0.497 e. The highest BCUT2D eigenvalue weighted by molar-refractivity contribution is 5.61. The van der Waals surface area contributed by atoms with Crippen LogP contribution in [0.1, 0.15) is 18.4 Å². The van der Waals surface area contributed by atoms with E-state index >= 15 is 0 Å². The van der Waals surface area contributed by atoms with Crippen LogP contribution in [0, 0.1) is 5.92 Å². The molecule has 0 aliphatic carbocycles. The Balaban J connectivity index is 1.46. The number of hydrogen-bond acceptors (Lipinski definition) is 4. The highest BCUT2D eigenvalue weighted by Crippen LogP contribution is 2.25. The molecular weight excluding hydrogens is 350 g/mol. The number of hydrogen-bond donors (Lipinski definition) is 1. The minimum absolute atomic E-state index is 0.123. The van der Waals surface area contributed by atoms with E-state index in [1.54, 1.807) is 13.2 Å². The molecule has 2 aromatic carbocycles. The fourth-order valence-corrected chi connectivity index (χ4v) is 3.80. The summed E-state index contributed by atoms with van der Waals surface area (Å²) in [5.74, 6) is 2.13. The molecule has 0 spiro atoms. The van der Waals surface area contributed by atoms with Gasteiger partial charge in [-0.15, -0.1) is 0 Å². The van der Waals surface area contributed by atoms with Gasteiger partial charge < -0.3 is 9.64 Å². The highest BCUT2D eigenvalue weighted by Gasteiger charge is 2.21. The standard InChI is InChI=1S/C23H25N3O2/c1-28-20-9-7-19(8-10-20)21-16-22(27)25-23(24-21)26-13-11-18(12-14-26)15-17-5-3-2-4-6-17/h2-10,16,18H,11-15H2,1H3,(H,24,25,27). The molecule has 5 nitrogen and oxygen atoms in total. The second-order valence-corrected chi connectivity index (χ2v) is 7.30. The molecule has 0 unspecified atom stereocenters. The van der Waals surface area contributed by atoms with Crippen LogP contribution >= 0.6 is 0 Å². The largest absolute Gasteiger partial charge is 0.497 e. The average molecular weight is 375 g/mol. The third kappa shape index (κ3) is 4.25. The molecule has 0 radical (unpaired) electrons. The second-order valence-electron chi connectivity index (χ2n) is 7.30. The van der Waals surface area contributed by atoms with E-state index in [0.717, 1.165) is 43.7 Å². The molecule has 3 aromatic rings. The SMILES string of the molecule is COc1ccc(-c2cc(=O)[nH]c(N3CCC(Cc4ccccc4)CC3)n2)cc1. The van der Waals surface area contributed by atoms with Gasteiger partial charge in [0.25, 0.3) is 5.56 Å². The number of ether oxygens (including phenoxy) is 1. The van der Waals surface area contributed by atoms with Crippen molar-refractivity contribution in [3.63, 3.8) is 0 Å². The van der Waals surface area contributed by atoms with E-state index in [9.17, 15) is 4.79 Å². The van der Waals surface area contributed by atoms with Crippen LogP contribution in [0.25, 0.3) is 11.3 Å². The first-order valence-electron chi connectivity index (χ1n) is 9.76. The molecular formula is C23H25N3O2. The van der Waals surface area contributed by atoms with Crippen LogP contribution in [0.4, 0.5) is 5.95 Å². The summed E-state index contributed by atoms with van der Waals surface area (Å²) in [4.78, 5) is 22.0. The van der Waals surface area contributed by atoms with Crippen molar-refractivity contribution in [2.24, 2.45) is 5.92 Å². The van der Waals surface area contributed by atoms with Crippen molar-refractivity contribution in [1.29, 1.82) is 0 Å². The summed E-state index contributed by atoms with van der Waals surface area (Å²) in [6, 6.07) is 19.8. The lowest BCUT2D eigenvalue weighted by Crippen LogP contribution is -2.36. The number of rotatable bonds is 5. The number of anilines is 1. The van der Waals surface area contributed by atoms with Gasteiger partial charge in [0.2, 0.25) is 5.95 Å². The lowest BCUT2D eigenvalue weighted by Gasteiger charge is -2.32. The number of nitrogens with zero attached hydrogens (tertiary/aromatic N) is 2. The van der Waals surface area contributed by atoms with E-state index in [1.165, 1.54) is 5.56 Å². The molecule has 1 N–H and O–H groups in total. The Morgan fingerprint density at radius 1 is 1.07 bits per heavy atom. The van der Waals surface area contributed by atoms with E-state index in [2.05, 4.69) is 40.2 Å². The molecule has 0 bridgehead atoms. The van der Waals surface area contributed by atoms with Crippen LogP contribution in [0.5, 0.6) is 5.75 Å². The third-order valence-corrected chi connectivity index (χ3v) is 5.40. The van der Waals surface area contributed by atoms with Crippen LogP contribution in [-0.4, -0.2) is 30.2 Å². The van der Waals surface area contributed by atoms with Crippen LogP contribution in [0.2, 0.25) is 0 Å². The van der Waals surface area contributed by atoms with Crippen molar-refractivity contribution < 1.29 is 4.74 Å². The molecule has 1 aromatic heterocycles. The van der Waals surface area contributed by atoms with Crippen molar-refractivity contribution in [2.45, 2.75) is 19.3 Å². The first kappa shape index (κ1) is 18.3.